The summed E-state index contributed by atoms with van der Waals surface area (Å²) in [4.78, 5) is 2.51. The Bertz CT molecular complexity index is 476. The summed E-state index contributed by atoms with van der Waals surface area (Å²) in [6.45, 7) is 5.24. The maximum Gasteiger partial charge on any atom is 0.123 e. The standard InChI is InChI=1S/C17H25ClN2O/c1-19-9-14-6-7-20(10-14)11-15-8-16(18)4-5-17(15)21-12-13-2-3-13/h4-5,8,13-14,19H,2-3,6-7,9-12H2,1H3. The minimum Gasteiger partial charge on any atom is -0.493 e. The molecule has 2 fully saturated rings. The van der Waals surface area contributed by atoms with Gasteiger partial charge in [-0.1, -0.05) is 11.6 Å². The van der Waals surface area contributed by atoms with E-state index >= 15 is 0 Å². The molecule has 116 valence electrons. The Morgan fingerprint density at radius 2 is 2.14 bits per heavy atom. The highest BCUT2D eigenvalue weighted by Gasteiger charge is 2.24. The van der Waals surface area contributed by atoms with E-state index in [-0.39, 0.29) is 0 Å². The van der Waals surface area contributed by atoms with Crippen molar-refractivity contribution >= 4 is 11.6 Å². The summed E-state index contributed by atoms with van der Waals surface area (Å²) < 4.78 is 6.00. The van der Waals surface area contributed by atoms with E-state index in [9.17, 15) is 0 Å². The fraction of sp³-hybridized carbons (Fsp3) is 0.647. The van der Waals surface area contributed by atoms with Crippen molar-refractivity contribution in [1.29, 1.82) is 0 Å². The maximum absolute atomic E-state index is 6.17. The molecule has 1 heterocycles. The van der Waals surface area contributed by atoms with Gasteiger partial charge >= 0.3 is 0 Å². The molecule has 3 nitrogen and oxygen atoms in total. The van der Waals surface area contributed by atoms with Gasteiger partial charge < -0.3 is 10.1 Å². The minimum atomic E-state index is 0.769. The summed E-state index contributed by atoms with van der Waals surface area (Å²) in [5.41, 5.74) is 1.23. The predicted molar refractivity (Wildman–Crippen MR) is 87.0 cm³/mol. The number of rotatable bonds is 7. The number of hydrogen-bond donors (Lipinski definition) is 1. The monoisotopic (exact) mass is 308 g/mol. The van der Waals surface area contributed by atoms with Gasteiger partial charge in [-0.05, 0) is 69.4 Å². The number of likely N-dealkylation sites (tertiary alicyclic amines) is 1. The van der Waals surface area contributed by atoms with Gasteiger partial charge in [-0.25, -0.2) is 0 Å². The van der Waals surface area contributed by atoms with Crippen molar-refractivity contribution in [3.8, 4) is 5.75 Å². The van der Waals surface area contributed by atoms with E-state index in [2.05, 4.69) is 16.3 Å². The van der Waals surface area contributed by atoms with E-state index in [0.29, 0.717) is 0 Å². The summed E-state index contributed by atoms with van der Waals surface area (Å²) in [5, 5.41) is 4.08. The normalized spacial score (nSPS) is 22.7. The number of nitrogens with zero attached hydrogens (tertiary/aromatic N) is 1. The van der Waals surface area contributed by atoms with Crippen molar-refractivity contribution in [1.82, 2.24) is 10.2 Å². The molecular formula is C17H25ClN2O. The molecule has 1 aliphatic heterocycles. The van der Waals surface area contributed by atoms with Gasteiger partial charge in [-0.15, -0.1) is 0 Å². The van der Waals surface area contributed by atoms with Crippen LogP contribution in [0.5, 0.6) is 5.75 Å². The zero-order chi connectivity index (χ0) is 14.7. The van der Waals surface area contributed by atoms with Crippen LogP contribution in [0.2, 0.25) is 5.02 Å². The van der Waals surface area contributed by atoms with Crippen LogP contribution < -0.4 is 10.1 Å². The van der Waals surface area contributed by atoms with Crippen LogP contribution in [0, 0.1) is 11.8 Å². The molecule has 1 atom stereocenters. The lowest BCUT2D eigenvalue weighted by Gasteiger charge is -2.19. The Balaban J connectivity index is 1.61. The number of halogens is 1. The Hall–Kier alpha value is -0.770. The highest BCUT2D eigenvalue weighted by Crippen LogP contribution is 2.32. The summed E-state index contributed by atoms with van der Waals surface area (Å²) in [6, 6.07) is 6.03. The fourth-order valence-corrected chi connectivity index (χ4v) is 3.25. The van der Waals surface area contributed by atoms with E-state index in [1.165, 1.54) is 31.4 Å². The molecular weight excluding hydrogens is 284 g/mol. The molecule has 3 rings (SSSR count). The van der Waals surface area contributed by atoms with E-state index in [4.69, 9.17) is 16.3 Å². The Labute approximate surface area is 132 Å². The number of nitrogens with one attached hydrogen (secondary N) is 1. The van der Waals surface area contributed by atoms with Crippen LogP contribution in [0.4, 0.5) is 0 Å². The van der Waals surface area contributed by atoms with Gasteiger partial charge in [-0.3, -0.25) is 4.90 Å². The zero-order valence-corrected chi connectivity index (χ0v) is 13.5. The fourth-order valence-electron chi connectivity index (χ4n) is 3.06. The van der Waals surface area contributed by atoms with Gasteiger partial charge in [0.1, 0.15) is 5.75 Å². The molecule has 0 aromatic heterocycles. The van der Waals surface area contributed by atoms with Crippen molar-refractivity contribution in [3.05, 3.63) is 28.8 Å². The molecule has 0 radical (unpaired) electrons. The van der Waals surface area contributed by atoms with E-state index in [1.54, 1.807) is 0 Å². The molecule has 1 saturated carbocycles. The van der Waals surface area contributed by atoms with E-state index in [0.717, 1.165) is 48.8 Å². The molecule has 0 bridgehead atoms. The molecule has 1 saturated heterocycles. The van der Waals surface area contributed by atoms with Crippen LogP contribution in [0.3, 0.4) is 0 Å². The van der Waals surface area contributed by atoms with Crippen LogP contribution >= 0.6 is 11.6 Å². The first-order chi connectivity index (χ1) is 10.2. The third-order valence-electron chi connectivity index (χ3n) is 4.45. The third kappa shape index (κ3) is 4.35. The third-order valence-corrected chi connectivity index (χ3v) is 4.69. The average Bonchev–Trinajstić information content (AvgIpc) is 3.19. The molecule has 1 aromatic carbocycles. The Morgan fingerprint density at radius 3 is 2.90 bits per heavy atom. The predicted octanol–water partition coefficient (Wildman–Crippen LogP) is 3.17. The summed E-state index contributed by atoms with van der Waals surface area (Å²) in [7, 11) is 2.03. The highest BCUT2D eigenvalue weighted by atomic mass is 35.5. The van der Waals surface area contributed by atoms with Gasteiger partial charge in [0.25, 0.3) is 0 Å². The Kier molecular flexibility index (Phi) is 5.04. The average molecular weight is 309 g/mol. The molecule has 2 aliphatic rings. The van der Waals surface area contributed by atoms with Gasteiger partial charge in [-0.2, -0.15) is 0 Å². The Morgan fingerprint density at radius 1 is 1.29 bits per heavy atom. The van der Waals surface area contributed by atoms with Gasteiger partial charge in [0.05, 0.1) is 6.61 Å². The highest BCUT2D eigenvalue weighted by molar-refractivity contribution is 6.30. The minimum absolute atomic E-state index is 0.769. The molecule has 4 heteroatoms. The first kappa shape index (κ1) is 15.1. The number of benzene rings is 1. The smallest absolute Gasteiger partial charge is 0.123 e. The van der Waals surface area contributed by atoms with E-state index in [1.807, 2.05) is 19.2 Å². The number of hydrogen-bond acceptors (Lipinski definition) is 3. The second kappa shape index (κ2) is 6.99. The van der Waals surface area contributed by atoms with Crippen LogP contribution in [0.1, 0.15) is 24.8 Å². The quantitative estimate of drug-likeness (QED) is 0.837. The van der Waals surface area contributed by atoms with Crippen molar-refractivity contribution < 1.29 is 4.74 Å². The molecule has 1 N–H and O–H groups in total. The molecule has 1 aliphatic carbocycles. The molecule has 21 heavy (non-hydrogen) atoms. The molecule has 1 unspecified atom stereocenters. The first-order valence-corrected chi connectivity index (χ1v) is 8.40. The molecule has 0 spiro atoms. The van der Waals surface area contributed by atoms with Crippen LogP contribution in [-0.2, 0) is 6.54 Å². The summed E-state index contributed by atoms with van der Waals surface area (Å²) in [6.07, 6.45) is 3.92. The topological polar surface area (TPSA) is 24.5 Å². The van der Waals surface area contributed by atoms with Gasteiger partial charge in [0.15, 0.2) is 0 Å². The lowest BCUT2D eigenvalue weighted by molar-refractivity contribution is 0.278. The van der Waals surface area contributed by atoms with Gasteiger partial charge in [0, 0.05) is 23.7 Å². The second-order valence-electron chi connectivity index (χ2n) is 6.45. The van der Waals surface area contributed by atoms with Gasteiger partial charge in [0.2, 0.25) is 0 Å². The van der Waals surface area contributed by atoms with Crippen molar-refractivity contribution in [2.75, 3.05) is 33.3 Å². The first-order valence-electron chi connectivity index (χ1n) is 8.03. The van der Waals surface area contributed by atoms with Crippen LogP contribution in [0.15, 0.2) is 18.2 Å². The zero-order valence-electron chi connectivity index (χ0n) is 12.8. The van der Waals surface area contributed by atoms with Crippen molar-refractivity contribution in [2.45, 2.75) is 25.8 Å². The van der Waals surface area contributed by atoms with E-state index < -0.39 is 0 Å². The van der Waals surface area contributed by atoms with Crippen LogP contribution in [-0.4, -0.2) is 38.2 Å². The molecule has 0 amide bonds. The largest absolute Gasteiger partial charge is 0.493 e. The summed E-state index contributed by atoms with van der Waals surface area (Å²) >= 11 is 6.17. The SMILES string of the molecule is CNCC1CCN(Cc2cc(Cl)ccc2OCC2CC2)C1. The molecule has 1 aromatic rings. The van der Waals surface area contributed by atoms with Crippen LogP contribution in [0.25, 0.3) is 0 Å². The van der Waals surface area contributed by atoms with Crippen molar-refractivity contribution in [2.24, 2.45) is 11.8 Å². The second-order valence-corrected chi connectivity index (χ2v) is 6.89. The lowest BCUT2D eigenvalue weighted by atomic mass is 10.1. The summed E-state index contributed by atoms with van der Waals surface area (Å²) in [5.74, 6) is 2.56. The van der Waals surface area contributed by atoms with Crippen molar-refractivity contribution in [3.63, 3.8) is 0 Å². The number of ether oxygens (including phenoxy) is 1. The lowest BCUT2D eigenvalue weighted by Crippen LogP contribution is -2.24. The maximum atomic E-state index is 6.17.